The Bertz CT molecular complexity index is 975. The number of pyridine rings is 1. The normalized spacial score (nSPS) is 25.6. The summed E-state index contributed by atoms with van der Waals surface area (Å²) in [5.41, 5.74) is -0.106. The van der Waals surface area contributed by atoms with Crippen LogP contribution >= 0.6 is 0 Å². The van der Waals surface area contributed by atoms with Crippen molar-refractivity contribution in [3.05, 3.63) is 42.1 Å². The first-order chi connectivity index (χ1) is 16.0. The van der Waals surface area contributed by atoms with Crippen molar-refractivity contribution in [2.75, 3.05) is 5.32 Å². The SMILES string of the molecule is O=C(CC1CCC(n2cnc(C3CC(OC(F)(F)F)C3)c2)CC1)Nc1ccc(C(F)(F)F)cn1. The number of rotatable bonds is 6. The summed E-state index contributed by atoms with van der Waals surface area (Å²) in [6, 6.07) is 2.22. The number of halogens is 6. The molecule has 186 valence electrons. The number of aromatic nitrogens is 3. The van der Waals surface area contributed by atoms with Crippen molar-refractivity contribution in [2.24, 2.45) is 5.92 Å². The molecule has 12 heteroatoms. The topological polar surface area (TPSA) is 69.0 Å². The van der Waals surface area contributed by atoms with Crippen molar-refractivity contribution in [2.45, 2.75) is 75.5 Å². The maximum atomic E-state index is 12.6. The molecule has 0 aromatic carbocycles. The monoisotopic (exact) mass is 490 g/mol. The predicted molar refractivity (Wildman–Crippen MR) is 109 cm³/mol. The van der Waals surface area contributed by atoms with Crippen molar-refractivity contribution in [1.29, 1.82) is 0 Å². The first-order valence-corrected chi connectivity index (χ1v) is 11.1. The summed E-state index contributed by atoms with van der Waals surface area (Å²) >= 11 is 0. The first-order valence-electron chi connectivity index (χ1n) is 11.1. The molecule has 1 amide bonds. The minimum absolute atomic E-state index is 0.0348. The maximum Gasteiger partial charge on any atom is 0.522 e. The van der Waals surface area contributed by atoms with Gasteiger partial charge in [-0.05, 0) is 56.6 Å². The lowest BCUT2D eigenvalue weighted by molar-refractivity contribution is -0.351. The molecule has 0 saturated heterocycles. The van der Waals surface area contributed by atoms with Gasteiger partial charge in [0, 0.05) is 30.8 Å². The molecule has 0 aliphatic heterocycles. The lowest BCUT2D eigenvalue weighted by Crippen LogP contribution is -2.34. The molecule has 0 unspecified atom stereocenters. The molecule has 4 rings (SSSR count). The molecule has 0 radical (unpaired) electrons. The summed E-state index contributed by atoms with van der Waals surface area (Å²) < 4.78 is 80.6. The number of ether oxygens (including phenoxy) is 1. The van der Waals surface area contributed by atoms with Crippen LogP contribution in [0, 0.1) is 5.92 Å². The minimum atomic E-state index is -4.61. The zero-order valence-electron chi connectivity index (χ0n) is 18.1. The van der Waals surface area contributed by atoms with Gasteiger partial charge in [-0.25, -0.2) is 9.97 Å². The Hall–Kier alpha value is -2.63. The third-order valence-corrected chi connectivity index (χ3v) is 6.51. The highest BCUT2D eigenvalue weighted by Crippen LogP contribution is 2.41. The van der Waals surface area contributed by atoms with Crippen LogP contribution in [0.4, 0.5) is 32.2 Å². The van der Waals surface area contributed by atoms with Gasteiger partial charge >= 0.3 is 12.5 Å². The molecule has 2 aromatic rings. The Labute approximate surface area is 191 Å². The van der Waals surface area contributed by atoms with Crippen LogP contribution in [0.25, 0.3) is 0 Å². The van der Waals surface area contributed by atoms with Gasteiger partial charge in [-0.3, -0.25) is 9.53 Å². The Balaban J connectivity index is 1.20. The van der Waals surface area contributed by atoms with E-state index in [4.69, 9.17) is 0 Å². The third-order valence-electron chi connectivity index (χ3n) is 6.51. The van der Waals surface area contributed by atoms with E-state index in [2.05, 4.69) is 20.0 Å². The standard InChI is InChI=1S/C22H24F6N4O2/c23-21(24,25)15-3-6-19(29-10-15)31-20(33)7-13-1-4-16(5-2-13)32-11-18(30-12-32)14-8-17(9-14)34-22(26,27)28/h3,6,10-14,16-17H,1-2,4-5,7-9H2,(H,29,31,33). The van der Waals surface area contributed by atoms with Crippen LogP contribution in [-0.2, 0) is 15.7 Å². The van der Waals surface area contributed by atoms with Gasteiger partial charge in [0.1, 0.15) is 5.82 Å². The summed E-state index contributed by atoms with van der Waals surface area (Å²) in [6.07, 6.45) is -1.50. The van der Waals surface area contributed by atoms with Crippen LogP contribution < -0.4 is 5.32 Å². The van der Waals surface area contributed by atoms with Gasteiger partial charge in [-0.15, -0.1) is 13.2 Å². The summed E-state index contributed by atoms with van der Waals surface area (Å²) in [5, 5.41) is 2.54. The Morgan fingerprint density at radius 3 is 2.35 bits per heavy atom. The molecule has 2 fully saturated rings. The molecule has 2 saturated carbocycles. The van der Waals surface area contributed by atoms with Gasteiger partial charge < -0.3 is 9.88 Å². The van der Waals surface area contributed by atoms with E-state index in [0.717, 1.165) is 43.5 Å². The van der Waals surface area contributed by atoms with E-state index in [-0.39, 0.29) is 36.0 Å². The van der Waals surface area contributed by atoms with E-state index in [9.17, 15) is 31.1 Å². The van der Waals surface area contributed by atoms with Crippen molar-refractivity contribution in [3.63, 3.8) is 0 Å². The molecule has 0 bridgehead atoms. The summed E-state index contributed by atoms with van der Waals surface area (Å²) in [5.74, 6) is -0.0919. The number of hydrogen-bond acceptors (Lipinski definition) is 4. The van der Waals surface area contributed by atoms with Crippen LogP contribution in [-0.4, -0.2) is 32.9 Å². The molecule has 2 heterocycles. The second-order valence-corrected chi connectivity index (χ2v) is 8.96. The summed E-state index contributed by atoms with van der Waals surface area (Å²) in [6.45, 7) is 0. The first kappa shape index (κ1) is 24.5. The number of carbonyl (C=O) groups is 1. The minimum Gasteiger partial charge on any atom is -0.334 e. The molecule has 34 heavy (non-hydrogen) atoms. The van der Waals surface area contributed by atoms with Crippen LogP contribution in [0.1, 0.15) is 68.2 Å². The largest absolute Gasteiger partial charge is 0.522 e. The average Bonchev–Trinajstić information content (AvgIpc) is 3.19. The Morgan fingerprint density at radius 1 is 1.06 bits per heavy atom. The number of amides is 1. The molecule has 2 aliphatic carbocycles. The molecule has 2 aliphatic rings. The molecule has 6 nitrogen and oxygen atoms in total. The van der Waals surface area contributed by atoms with E-state index in [0.29, 0.717) is 19.0 Å². The highest BCUT2D eigenvalue weighted by Gasteiger charge is 2.41. The van der Waals surface area contributed by atoms with Crippen LogP contribution in [0.2, 0.25) is 0 Å². The van der Waals surface area contributed by atoms with Crippen molar-refractivity contribution in [1.82, 2.24) is 14.5 Å². The molecular formula is C22H24F6N4O2. The lowest BCUT2D eigenvalue weighted by atomic mass is 9.80. The fraction of sp³-hybridized carbons (Fsp3) is 0.591. The second-order valence-electron chi connectivity index (χ2n) is 8.96. The maximum absolute atomic E-state index is 12.6. The van der Waals surface area contributed by atoms with E-state index in [1.54, 1.807) is 6.33 Å². The smallest absolute Gasteiger partial charge is 0.334 e. The van der Waals surface area contributed by atoms with Crippen LogP contribution in [0.15, 0.2) is 30.9 Å². The molecular weight excluding hydrogens is 466 g/mol. The summed E-state index contributed by atoms with van der Waals surface area (Å²) in [4.78, 5) is 20.3. The van der Waals surface area contributed by atoms with Gasteiger partial charge in [0.25, 0.3) is 0 Å². The lowest BCUT2D eigenvalue weighted by Gasteiger charge is -2.34. The number of alkyl halides is 6. The number of imidazole rings is 1. The van der Waals surface area contributed by atoms with E-state index in [1.165, 1.54) is 0 Å². The van der Waals surface area contributed by atoms with Crippen LogP contribution in [0.5, 0.6) is 0 Å². The van der Waals surface area contributed by atoms with Crippen LogP contribution in [0.3, 0.4) is 0 Å². The number of carbonyl (C=O) groups excluding carboxylic acids is 1. The number of nitrogens with zero attached hydrogens (tertiary/aromatic N) is 3. The number of hydrogen-bond donors (Lipinski definition) is 1. The van der Waals surface area contributed by atoms with Gasteiger partial charge in [0.15, 0.2) is 0 Å². The zero-order chi connectivity index (χ0) is 24.5. The number of nitrogens with one attached hydrogen (secondary N) is 1. The van der Waals surface area contributed by atoms with Gasteiger partial charge in [0.05, 0.1) is 23.7 Å². The quantitative estimate of drug-likeness (QED) is 0.517. The third kappa shape index (κ3) is 6.28. The Kier molecular flexibility index (Phi) is 6.88. The Morgan fingerprint density at radius 2 is 1.76 bits per heavy atom. The molecule has 0 spiro atoms. The van der Waals surface area contributed by atoms with E-state index in [1.807, 2.05) is 10.8 Å². The van der Waals surface area contributed by atoms with Crippen molar-refractivity contribution >= 4 is 11.7 Å². The zero-order valence-corrected chi connectivity index (χ0v) is 18.1. The van der Waals surface area contributed by atoms with Gasteiger partial charge in [0.2, 0.25) is 5.91 Å². The van der Waals surface area contributed by atoms with Gasteiger partial charge in [-0.1, -0.05) is 0 Å². The van der Waals surface area contributed by atoms with Gasteiger partial charge in [-0.2, -0.15) is 13.2 Å². The highest BCUT2D eigenvalue weighted by molar-refractivity contribution is 5.89. The van der Waals surface area contributed by atoms with Crippen molar-refractivity contribution < 1.29 is 35.9 Å². The fourth-order valence-electron chi connectivity index (χ4n) is 4.59. The average molecular weight is 490 g/mol. The molecule has 1 N–H and O–H groups in total. The van der Waals surface area contributed by atoms with E-state index < -0.39 is 24.2 Å². The predicted octanol–water partition coefficient (Wildman–Crippen LogP) is 5.84. The van der Waals surface area contributed by atoms with E-state index >= 15 is 0 Å². The fourth-order valence-corrected chi connectivity index (χ4v) is 4.59. The molecule has 0 atom stereocenters. The van der Waals surface area contributed by atoms with Crippen molar-refractivity contribution in [3.8, 4) is 0 Å². The summed E-state index contributed by atoms with van der Waals surface area (Å²) in [7, 11) is 0. The highest BCUT2D eigenvalue weighted by atomic mass is 19.4. The molecule has 2 aromatic heterocycles. The second kappa shape index (κ2) is 9.55. The number of anilines is 1.